The van der Waals surface area contributed by atoms with Crippen molar-refractivity contribution in [3.05, 3.63) is 71.1 Å². The van der Waals surface area contributed by atoms with Crippen LogP contribution in [0.15, 0.2) is 59.9 Å². The van der Waals surface area contributed by atoms with Gasteiger partial charge in [-0.2, -0.15) is 0 Å². The van der Waals surface area contributed by atoms with Crippen LogP contribution in [0.5, 0.6) is 5.75 Å². The van der Waals surface area contributed by atoms with Crippen molar-refractivity contribution in [2.45, 2.75) is 32.7 Å². The van der Waals surface area contributed by atoms with Crippen molar-refractivity contribution in [2.75, 3.05) is 25.6 Å². The number of esters is 1. The molecule has 0 bridgehead atoms. The van der Waals surface area contributed by atoms with Crippen molar-refractivity contribution in [3.8, 4) is 5.75 Å². The van der Waals surface area contributed by atoms with Gasteiger partial charge in [-0.1, -0.05) is 18.2 Å². The van der Waals surface area contributed by atoms with Crippen LogP contribution >= 0.6 is 0 Å². The molecule has 0 unspecified atom stereocenters. The quantitative estimate of drug-likeness (QED) is 0.564. The third-order valence-corrected chi connectivity index (χ3v) is 6.62. The summed E-state index contributed by atoms with van der Waals surface area (Å²) in [6.45, 7) is 5.69. The minimum absolute atomic E-state index is 0.185. The van der Waals surface area contributed by atoms with E-state index in [9.17, 15) is 14.4 Å². The number of nitrogens with zero attached hydrogens (tertiary/aromatic N) is 2. The van der Waals surface area contributed by atoms with E-state index in [2.05, 4.69) is 40.7 Å². The average molecular weight is 474 g/mol. The third-order valence-electron chi connectivity index (χ3n) is 6.62. The maximum Gasteiger partial charge on any atom is 0.343 e. The van der Waals surface area contributed by atoms with Crippen LogP contribution in [-0.4, -0.2) is 47.5 Å². The van der Waals surface area contributed by atoms with Gasteiger partial charge < -0.3 is 19.4 Å². The first kappa shape index (κ1) is 22.7. The number of carbonyl (C=O) groups excluding carboxylic acids is 3. The van der Waals surface area contributed by atoms with Gasteiger partial charge in [-0.15, -0.1) is 0 Å². The van der Waals surface area contributed by atoms with Gasteiger partial charge in [0.25, 0.3) is 5.91 Å². The lowest BCUT2D eigenvalue weighted by molar-refractivity contribution is -0.143. The molecular weight excluding hydrogens is 446 g/mol. The predicted octanol–water partition coefficient (Wildman–Crippen LogP) is 3.97. The van der Waals surface area contributed by atoms with E-state index in [4.69, 9.17) is 4.74 Å². The number of ether oxygens (including phenoxy) is 2. The van der Waals surface area contributed by atoms with E-state index in [1.165, 1.54) is 18.9 Å². The Bertz CT molecular complexity index is 1380. The van der Waals surface area contributed by atoms with Crippen LogP contribution in [0, 0.1) is 0 Å². The zero-order chi connectivity index (χ0) is 24.9. The molecule has 2 aliphatic rings. The lowest BCUT2D eigenvalue weighted by atomic mass is 9.84. The molecule has 3 aromatic rings. The monoisotopic (exact) mass is 473 g/mol. The number of amides is 2. The van der Waals surface area contributed by atoms with Gasteiger partial charge in [0.05, 0.1) is 24.7 Å². The number of hydrogen-bond donors (Lipinski definition) is 1. The fourth-order valence-corrected chi connectivity index (χ4v) is 4.96. The van der Waals surface area contributed by atoms with E-state index < -0.39 is 5.97 Å². The molecule has 180 valence electrons. The molecule has 3 heterocycles. The fraction of sp³-hybridized carbons (Fsp3) is 0.296. The van der Waals surface area contributed by atoms with Gasteiger partial charge in [0.2, 0.25) is 5.91 Å². The molecule has 1 N–H and O–H groups in total. The van der Waals surface area contributed by atoms with Gasteiger partial charge in [-0.05, 0) is 49.2 Å². The molecule has 35 heavy (non-hydrogen) atoms. The first-order valence-corrected chi connectivity index (χ1v) is 11.6. The van der Waals surface area contributed by atoms with Gasteiger partial charge in [0, 0.05) is 41.9 Å². The molecule has 1 atom stereocenters. The molecule has 0 fully saturated rings. The van der Waals surface area contributed by atoms with Crippen molar-refractivity contribution < 1.29 is 23.9 Å². The molecule has 0 spiro atoms. The minimum Gasteiger partial charge on any atom is -0.482 e. The Labute approximate surface area is 203 Å². The highest BCUT2D eigenvalue weighted by Crippen LogP contribution is 2.47. The highest BCUT2D eigenvalue weighted by atomic mass is 16.6. The number of methoxy groups -OCH3 is 1. The molecule has 1 aromatic heterocycles. The molecule has 0 aliphatic carbocycles. The maximum atomic E-state index is 13.5. The first-order chi connectivity index (χ1) is 16.8. The van der Waals surface area contributed by atoms with Crippen molar-refractivity contribution in [1.82, 2.24) is 9.47 Å². The van der Waals surface area contributed by atoms with Crippen LogP contribution in [-0.2, 0) is 19.1 Å². The number of carbonyl (C=O) groups is 3. The Balaban J connectivity index is 1.66. The van der Waals surface area contributed by atoms with E-state index >= 15 is 0 Å². The number of anilines is 1. The van der Waals surface area contributed by atoms with Crippen LogP contribution in [0.4, 0.5) is 5.69 Å². The van der Waals surface area contributed by atoms with Gasteiger partial charge in [0.15, 0.2) is 6.61 Å². The zero-order valence-corrected chi connectivity index (χ0v) is 20.1. The van der Waals surface area contributed by atoms with Gasteiger partial charge in [-0.3, -0.25) is 14.5 Å². The number of rotatable bonds is 5. The Kier molecular flexibility index (Phi) is 5.59. The summed E-state index contributed by atoms with van der Waals surface area (Å²) in [6.07, 6.45) is 2.12. The standard InChI is InChI=1S/C27H27N3O5/c1-15(2)29-12-19-24(17-8-10-18(11-9-17)35-14-23(32)34-4)26-21(13-30(16(3)31)27(26)33)28-20-6-5-7-22(29)25(19)20/h5-12,15,24,28H,13-14H2,1-4H3/t24-/m1/s1. The van der Waals surface area contributed by atoms with Crippen LogP contribution in [0.2, 0.25) is 0 Å². The number of benzene rings is 2. The number of hydrogen-bond acceptors (Lipinski definition) is 6. The first-order valence-electron chi connectivity index (χ1n) is 11.6. The summed E-state index contributed by atoms with van der Waals surface area (Å²) in [5.74, 6) is -0.889. The van der Waals surface area contributed by atoms with Crippen molar-refractivity contribution in [3.63, 3.8) is 0 Å². The molecule has 2 amide bonds. The van der Waals surface area contributed by atoms with Crippen LogP contribution in [0.25, 0.3) is 10.9 Å². The van der Waals surface area contributed by atoms with Gasteiger partial charge in [0.1, 0.15) is 5.75 Å². The maximum absolute atomic E-state index is 13.5. The summed E-state index contributed by atoms with van der Waals surface area (Å²) >= 11 is 0. The van der Waals surface area contributed by atoms with E-state index in [0.717, 1.165) is 33.4 Å². The third kappa shape index (κ3) is 3.75. The fourth-order valence-electron chi connectivity index (χ4n) is 4.96. The molecular formula is C27H27N3O5. The average Bonchev–Trinajstić information content (AvgIpc) is 3.34. The van der Waals surface area contributed by atoms with E-state index in [1.54, 1.807) is 12.1 Å². The molecule has 2 aliphatic heterocycles. The summed E-state index contributed by atoms with van der Waals surface area (Å²) in [5, 5.41) is 4.54. The highest BCUT2D eigenvalue weighted by molar-refractivity contribution is 6.11. The van der Waals surface area contributed by atoms with Crippen molar-refractivity contribution in [1.29, 1.82) is 0 Å². The number of nitrogens with one attached hydrogen (secondary N) is 1. The highest BCUT2D eigenvalue weighted by Gasteiger charge is 2.41. The zero-order valence-electron chi connectivity index (χ0n) is 20.1. The molecule has 2 aromatic carbocycles. The molecule has 0 saturated carbocycles. The molecule has 8 nitrogen and oxygen atoms in total. The topological polar surface area (TPSA) is 89.9 Å². The van der Waals surface area contributed by atoms with Crippen LogP contribution in [0.1, 0.15) is 43.9 Å². The minimum atomic E-state index is -0.464. The summed E-state index contributed by atoms with van der Waals surface area (Å²) in [6, 6.07) is 13.7. The van der Waals surface area contributed by atoms with E-state index in [0.29, 0.717) is 11.3 Å². The Hall–Kier alpha value is -4.07. The van der Waals surface area contributed by atoms with Crippen molar-refractivity contribution in [2.24, 2.45) is 0 Å². The van der Waals surface area contributed by atoms with Gasteiger partial charge in [-0.25, -0.2) is 4.79 Å². The molecule has 8 heteroatoms. The SMILES string of the molecule is COC(=O)COc1ccc([C@H]2C3=C(CN(C(C)=O)C3=O)Nc3cccc4c3c2cn4C(C)C)cc1. The molecule has 0 saturated heterocycles. The molecule has 0 radical (unpaired) electrons. The van der Waals surface area contributed by atoms with Crippen molar-refractivity contribution >= 4 is 34.4 Å². The van der Waals surface area contributed by atoms with Crippen LogP contribution in [0.3, 0.4) is 0 Å². The lowest BCUT2D eigenvalue weighted by Gasteiger charge is -2.20. The molecule has 5 rings (SSSR count). The number of aromatic nitrogens is 1. The predicted molar refractivity (Wildman–Crippen MR) is 131 cm³/mol. The second kappa shape index (κ2) is 8.61. The lowest BCUT2D eigenvalue weighted by Crippen LogP contribution is -2.33. The Morgan fingerprint density at radius 1 is 1.14 bits per heavy atom. The van der Waals surface area contributed by atoms with E-state index in [-0.39, 0.29) is 36.9 Å². The summed E-state index contributed by atoms with van der Waals surface area (Å²) in [5.41, 5.74) is 5.21. The Morgan fingerprint density at radius 3 is 2.54 bits per heavy atom. The second-order valence-corrected chi connectivity index (χ2v) is 9.08. The van der Waals surface area contributed by atoms with Crippen LogP contribution < -0.4 is 10.1 Å². The Morgan fingerprint density at radius 2 is 1.89 bits per heavy atom. The van der Waals surface area contributed by atoms with Gasteiger partial charge >= 0.3 is 5.97 Å². The number of imide groups is 1. The largest absolute Gasteiger partial charge is 0.482 e. The summed E-state index contributed by atoms with van der Waals surface area (Å²) < 4.78 is 12.4. The van der Waals surface area contributed by atoms with E-state index in [1.807, 2.05) is 24.3 Å². The summed E-state index contributed by atoms with van der Waals surface area (Å²) in [4.78, 5) is 38.5. The normalized spacial score (nSPS) is 16.9. The summed E-state index contributed by atoms with van der Waals surface area (Å²) in [7, 11) is 1.31. The second-order valence-electron chi connectivity index (χ2n) is 9.08. The smallest absolute Gasteiger partial charge is 0.343 e.